The van der Waals surface area contributed by atoms with Crippen LogP contribution < -0.4 is 75.1 Å². The Kier molecular flexibility index (Phi) is 46.5. The molecule has 0 aliphatic carbocycles. The van der Waals surface area contributed by atoms with Crippen molar-refractivity contribution < 1.29 is 93.2 Å². The number of ether oxygens (including phenoxy) is 1. The molecule has 0 aromatic heterocycles. The molecule has 1 unspecified atom stereocenters. The molecule has 2 N–H and O–H groups in total. The fourth-order valence-electron chi connectivity index (χ4n) is 4.50. The minimum absolute atomic E-state index is 0. The van der Waals surface area contributed by atoms with Gasteiger partial charge in [0.2, 0.25) is 0 Å². The van der Waals surface area contributed by atoms with Crippen molar-refractivity contribution >= 4 is 23.9 Å². The fourth-order valence-corrected chi connectivity index (χ4v) is 4.50. The maximum absolute atomic E-state index is 11.5. The van der Waals surface area contributed by atoms with Gasteiger partial charge >= 0.3 is 71.1 Å². The Labute approximate surface area is 307 Å². The number of hydrogen-bond acceptors (Lipinski definition) is 8. The van der Waals surface area contributed by atoms with Crippen molar-refractivity contribution in [2.24, 2.45) is 5.73 Å². The van der Waals surface area contributed by atoms with Crippen molar-refractivity contribution in [2.45, 2.75) is 187 Å². The predicted octanol–water partition coefficient (Wildman–Crippen LogP) is 0.0601. The summed E-state index contributed by atoms with van der Waals surface area (Å²) in [4.78, 5) is 43.4. The molecule has 0 saturated carbocycles. The van der Waals surface area contributed by atoms with Crippen LogP contribution in [0.25, 0.3) is 0 Å². The number of esters is 2. The maximum Gasteiger partial charge on any atom is 1.00 e. The third-order valence-electron chi connectivity index (χ3n) is 7.15. The van der Waals surface area contributed by atoms with Crippen LogP contribution in [0.15, 0.2) is 0 Å². The molecule has 8 nitrogen and oxygen atoms in total. The van der Waals surface area contributed by atoms with Crippen LogP contribution in [0.1, 0.15) is 181 Å². The quantitative estimate of drug-likeness (QED) is 0.0553. The summed E-state index contributed by atoms with van der Waals surface area (Å²) in [5.41, 5.74) is 5.44. The van der Waals surface area contributed by atoms with Crippen molar-refractivity contribution in [1.29, 1.82) is 0 Å². The van der Waals surface area contributed by atoms with Crippen LogP contribution in [0.4, 0.5) is 0 Å². The summed E-state index contributed by atoms with van der Waals surface area (Å²) >= 11 is 0. The van der Waals surface area contributed by atoms with Crippen LogP contribution in [-0.2, 0) is 23.9 Å². The molecule has 0 fully saturated rings. The third-order valence-corrected chi connectivity index (χ3v) is 7.15. The van der Waals surface area contributed by atoms with Crippen molar-refractivity contribution in [3.63, 3.8) is 0 Å². The number of unbranched alkanes of at least 4 members (excludes halogenated alkanes) is 20. The summed E-state index contributed by atoms with van der Waals surface area (Å²) in [7, 11) is 0. The number of carboxylic acid groups (broad SMARTS) is 2. The largest absolute Gasteiger partial charge is 1.00 e. The summed E-state index contributed by atoms with van der Waals surface area (Å²) in [6.07, 6.45) is 26.9. The normalized spacial score (nSPS) is 10.9. The summed E-state index contributed by atoms with van der Waals surface area (Å²) < 4.78 is 4.60. The van der Waals surface area contributed by atoms with Gasteiger partial charge in [0, 0.05) is 18.4 Å². The van der Waals surface area contributed by atoms with E-state index in [2.05, 4.69) is 18.6 Å². The summed E-state index contributed by atoms with van der Waals surface area (Å²) in [5.74, 6) is -3.65. The Bertz CT molecular complexity index is 651. The monoisotopic (exact) mass is 629 g/mol. The number of aliphatic carboxylic acids is 2. The van der Waals surface area contributed by atoms with E-state index in [1.807, 2.05) is 0 Å². The van der Waals surface area contributed by atoms with Gasteiger partial charge in [0.15, 0.2) is 0 Å². The minimum Gasteiger partial charge on any atom is -0.550 e. The molecule has 0 aromatic carbocycles. The molecule has 0 heterocycles. The van der Waals surface area contributed by atoms with E-state index < -0.39 is 29.9 Å². The zero-order valence-electron chi connectivity index (χ0n) is 28.4. The zero-order chi connectivity index (χ0) is 31.0. The molecular weight excluding hydrogens is 568 g/mol. The van der Waals surface area contributed by atoms with Crippen molar-refractivity contribution in [2.75, 3.05) is 0 Å². The van der Waals surface area contributed by atoms with Crippen molar-refractivity contribution in [1.82, 2.24) is 0 Å². The zero-order valence-corrected chi connectivity index (χ0v) is 32.4. The molecule has 0 aromatic rings. The van der Waals surface area contributed by atoms with Gasteiger partial charge in [-0.05, 0) is 32.1 Å². The number of rotatable bonds is 28. The number of carbonyl (C=O) groups excluding carboxylic acids is 4. The van der Waals surface area contributed by atoms with Gasteiger partial charge in [0.25, 0.3) is 0 Å². The second-order valence-corrected chi connectivity index (χ2v) is 11.3. The van der Waals surface area contributed by atoms with Gasteiger partial charge in [0.05, 0.1) is 0 Å². The molecule has 0 aliphatic rings. The molecule has 0 radical (unpaired) electrons. The van der Waals surface area contributed by atoms with Crippen LogP contribution in [-0.4, -0.2) is 29.9 Å². The summed E-state index contributed by atoms with van der Waals surface area (Å²) in [5, 5.41) is 20.5. The molecule has 0 aliphatic heterocycles. The predicted molar refractivity (Wildman–Crippen MR) is 160 cm³/mol. The van der Waals surface area contributed by atoms with E-state index in [0.29, 0.717) is 6.42 Å². The Balaban J connectivity index is -0.000000347. The first-order chi connectivity index (χ1) is 19.7. The van der Waals surface area contributed by atoms with Crippen LogP contribution >= 0.6 is 0 Å². The maximum atomic E-state index is 11.5. The van der Waals surface area contributed by atoms with E-state index in [1.165, 1.54) is 109 Å². The molecule has 0 spiro atoms. The van der Waals surface area contributed by atoms with Crippen molar-refractivity contribution in [3.05, 3.63) is 0 Å². The van der Waals surface area contributed by atoms with E-state index in [1.54, 1.807) is 0 Å². The molecule has 43 heavy (non-hydrogen) atoms. The van der Waals surface area contributed by atoms with Crippen molar-refractivity contribution in [3.8, 4) is 0 Å². The van der Waals surface area contributed by atoms with Gasteiger partial charge in [0.1, 0.15) is 6.04 Å². The minimum atomic E-state index is -1.28. The van der Waals surface area contributed by atoms with E-state index >= 15 is 0 Å². The number of nitrogens with two attached hydrogens (primary N) is 1. The second kappa shape index (κ2) is 40.1. The smallest absolute Gasteiger partial charge is 0.550 e. The van der Waals surface area contributed by atoms with Gasteiger partial charge in [-0.3, -0.25) is 4.79 Å². The number of carboxylic acids is 2. The third kappa shape index (κ3) is 44.2. The molecule has 0 saturated heterocycles. The SMILES string of the molecule is CCCCCCCCCCCC(=O)OC(=O)C(N)CCC(=O)[O-].CCCCCCCCCCCCCCCC(=O)[O-].[Na+].[Na+]. The summed E-state index contributed by atoms with van der Waals surface area (Å²) in [6.45, 7) is 4.45. The van der Waals surface area contributed by atoms with Crippen LogP contribution in [0.5, 0.6) is 0 Å². The van der Waals surface area contributed by atoms with E-state index in [0.717, 1.165) is 25.7 Å². The first-order valence-corrected chi connectivity index (χ1v) is 16.6. The van der Waals surface area contributed by atoms with Gasteiger partial charge in [-0.15, -0.1) is 0 Å². The van der Waals surface area contributed by atoms with Gasteiger partial charge in [-0.25, -0.2) is 4.79 Å². The first kappa shape index (κ1) is 49.9. The summed E-state index contributed by atoms with van der Waals surface area (Å²) in [6, 6.07) is -1.10. The fraction of sp³-hybridized carbons (Fsp3) is 0.879. The molecular formula is C33H61NNa2O7. The van der Waals surface area contributed by atoms with Gasteiger partial charge < -0.3 is 30.3 Å². The standard InChI is InChI=1S/C17H31NO5.C16H32O2.2Na/c1-2-3-4-5-6-7-8-9-10-11-16(21)23-17(22)14(18)12-13-15(19)20;1-2-3-4-5-6-7-8-9-10-11-12-13-14-15-16(17)18;;/h14H,2-13,18H2,1H3,(H,19,20);2-15H2,1H3,(H,17,18);;/q;;2*+1/p-2. The molecule has 1 atom stereocenters. The number of hydrogen-bond donors (Lipinski definition) is 1. The van der Waals surface area contributed by atoms with Crippen LogP contribution in [0.3, 0.4) is 0 Å². The second-order valence-electron chi connectivity index (χ2n) is 11.3. The van der Waals surface area contributed by atoms with Gasteiger partial charge in [-0.2, -0.15) is 0 Å². The molecule has 242 valence electrons. The first-order valence-electron chi connectivity index (χ1n) is 16.6. The Morgan fingerprint density at radius 2 is 0.814 bits per heavy atom. The molecule has 0 rings (SSSR count). The van der Waals surface area contributed by atoms with Crippen LogP contribution in [0.2, 0.25) is 0 Å². The number of carbonyl (C=O) groups is 4. The van der Waals surface area contributed by atoms with E-state index in [4.69, 9.17) is 5.73 Å². The van der Waals surface area contributed by atoms with Crippen LogP contribution in [0, 0.1) is 0 Å². The molecule has 0 amide bonds. The average molecular weight is 630 g/mol. The Morgan fingerprint density at radius 3 is 1.14 bits per heavy atom. The Hall–Kier alpha value is 0.0400. The average Bonchev–Trinajstić information content (AvgIpc) is 2.93. The molecule has 10 heteroatoms. The molecule has 0 bridgehead atoms. The topological polar surface area (TPSA) is 150 Å². The van der Waals surface area contributed by atoms with E-state index in [9.17, 15) is 29.4 Å². The Morgan fingerprint density at radius 1 is 0.512 bits per heavy atom. The van der Waals surface area contributed by atoms with E-state index in [-0.39, 0.29) is 84.8 Å². The van der Waals surface area contributed by atoms with Gasteiger partial charge in [-0.1, -0.05) is 142 Å².